The Morgan fingerprint density at radius 3 is 1.50 bits per heavy atom. The fraction of sp³-hybridized carbons (Fsp3) is 0.0769. The van der Waals surface area contributed by atoms with Crippen LogP contribution in [0.2, 0.25) is 0 Å². The minimum Gasteiger partial charge on any atom is -0.458 e. The molecular weight excluding hydrogens is 745 g/mol. The lowest BCUT2D eigenvalue weighted by Gasteiger charge is -2.42. The van der Waals surface area contributed by atoms with Crippen molar-refractivity contribution in [2.75, 3.05) is 4.90 Å². The van der Waals surface area contributed by atoms with Crippen molar-refractivity contribution in [2.45, 2.75) is 26.2 Å². The zero-order valence-corrected chi connectivity index (χ0v) is 33.2. The molecule has 0 radical (unpaired) electrons. The van der Waals surface area contributed by atoms with E-state index in [2.05, 4.69) is 224 Å². The Balaban J connectivity index is 1.31. The monoisotopic (exact) mass is 783 g/mol. The van der Waals surface area contributed by atoms with Crippen molar-refractivity contribution in [1.29, 1.82) is 0 Å². The van der Waals surface area contributed by atoms with Crippen LogP contribution in [0.5, 0.6) is 11.5 Å². The minimum absolute atomic E-state index is 0.0352. The molecular formula is C52H39BBrNO. The van der Waals surface area contributed by atoms with Gasteiger partial charge in [-0.25, -0.2) is 0 Å². The Hall–Kier alpha value is -6.10. The van der Waals surface area contributed by atoms with Gasteiger partial charge in [-0.1, -0.05) is 182 Å². The molecule has 0 N–H and O–H groups in total. The highest BCUT2D eigenvalue weighted by Gasteiger charge is 2.43. The fourth-order valence-corrected chi connectivity index (χ4v) is 8.98. The van der Waals surface area contributed by atoms with E-state index < -0.39 is 0 Å². The van der Waals surface area contributed by atoms with Crippen molar-refractivity contribution in [2.24, 2.45) is 0 Å². The molecule has 2 aliphatic rings. The second kappa shape index (κ2) is 13.6. The van der Waals surface area contributed by atoms with Gasteiger partial charge in [-0.05, 0) is 97.1 Å². The molecule has 2 nitrogen and oxygen atoms in total. The molecule has 56 heavy (non-hydrogen) atoms. The largest absolute Gasteiger partial charge is 0.458 e. The molecule has 0 saturated carbocycles. The maximum absolute atomic E-state index is 7.00. The summed E-state index contributed by atoms with van der Waals surface area (Å²) in [4.78, 5) is 2.53. The lowest BCUT2D eigenvalue weighted by molar-refractivity contribution is 0.487. The first-order chi connectivity index (χ1) is 27.3. The SMILES string of the molecule is CC(C)(C)c1cc(-c2ccccc2)c(N2c3cc(-c4ccccc4)ccc3B3c4ccc(-c5ccccc5)cc4Oc4cc(Br)cc2c43)c(-c2ccccc2)c1. The standard InChI is InChI=1S/C52H39BBrNO/c1-52(2,3)40-30-42(36-20-12-6-13-21-36)51(43(31-40)37-22-14-7-15-23-37)55-46-28-38(34-16-8-4-9-17-34)24-26-44(46)53-45-27-25-39(35-18-10-5-11-19-35)29-48(45)56-49-33-41(54)32-47(55)50(49)53/h4-33H,1-3H3. The molecule has 0 saturated heterocycles. The van der Waals surface area contributed by atoms with E-state index in [9.17, 15) is 0 Å². The Labute approximate surface area is 338 Å². The van der Waals surface area contributed by atoms with E-state index >= 15 is 0 Å². The molecule has 4 heteroatoms. The van der Waals surface area contributed by atoms with Crippen molar-refractivity contribution in [1.82, 2.24) is 0 Å². The van der Waals surface area contributed by atoms with Crippen molar-refractivity contribution in [3.05, 3.63) is 192 Å². The van der Waals surface area contributed by atoms with Gasteiger partial charge in [0.1, 0.15) is 11.5 Å². The predicted molar refractivity (Wildman–Crippen MR) is 240 cm³/mol. The summed E-state index contributed by atoms with van der Waals surface area (Å²) in [5.74, 6) is 1.76. The highest BCUT2D eigenvalue weighted by Crippen LogP contribution is 2.51. The predicted octanol–water partition coefficient (Wildman–Crippen LogP) is 12.8. The van der Waals surface area contributed by atoms with E-state index in [0.717, 1.165) is 38.6 Å². The third-order valence-electron chi connectivity index (χ3n) is 11.3. The maximum Gasteiger partial charge on any atom is 0.256 e. The zero-order valence-electron chi connectivity index (χ0n) is 31.6. The van der Waals surface area contributed by atoms with E-state index in [4.69, 9.17) is 4.74 Å². The summed E-state index contributed by atoms with van der Waals surface area (Å²) in [7, 11) is 0. The number of ether oxygens (including phenoxy) is 1. The van der Waals surface area contributed by atoms with Crippen molar-refractivity contribution in [3.8, 4) is 56.0 Å². The average Bonchev–Trinajstić information content (AvgIpc) is 3.23. The lowest BCUT2D eigenvalue weighted by Crippen LogP contribution is -2.59. The van der Waals surface area contributed by atoms with Crippen LogP contribution in [0.15, 0.2) is 186 Å². The normalized spacial score (nSPS) is 12.7. The molecule has 8 aromatic rings. The summed E-state index contributed by atoms with van der Waals surface area (Å²) in [5, 5.41) is 0. The summed E-state index contributed by atoms with van der Waals surface area (Å²) in [6.07, 6.45) is 0. The van der Waals surface area contributed by atoms with Crippen LogP contribution in [0.3, 0.4) is 0 Å². The van der Waals surface area contributed by atoms with Gasteiger partial charge in [-0.15, -0.1) is 0 Å². The van der Waals surface area contributed by atoms with E-state index in [0.29, 0.717) is 0 Å². The fourth-order valence-electron chi connectivity index (χ4n) is 8.55. The minimum atomic E-state index is -0.0813. The van der Waals surface area contributed by atoms with Crippen molar-refractivity contribution >= 4 is 56.1 Å². The summed E-state index contributed by atoms with van der Waals surface area (Å²) >= 11 is 3.97. The molecule has 0 aliphatic carbocycles. The third-order valence-corrected chi connectivity index (χ3v) is 11.8. The molecule has 8 aromatic carbocycles. The number of anilines is 3. The first kappa shape index (κ1) is 34.4. The number of hydrogen-bond donors (Lipinski definition) is 0. The van der Waals surface area contributed by atoms with Crippen LogP contribution in [-0.4, -0.2) is 6.71 Å². The van der Waals surface area contributed by atoms with Crippen molar-refractivity contribution < 1.29 is 4.74 Å². The van der Waals surface area contributed by atoms with Crippen LogP contribution in [0, 0.1) is 0 Å². The summed E-state index contributed by atoms with van der Waals surface area (Å²) in [5.41, 5.74) is 17.6. The molecule has 0 amide bonds. The number of halogens is 1. The molecule has 0 atom stereocenters. The Kier molecular flexibility index (Phi) is 8.34. The van der Waals surface area contributed by atoms with Gasteiger partial charge in [-0.2, -0.15) is 0 Å². The Bertz CT molecular complexity index is 2700. The van der Waals surface area contributed by atoms with Crippen LogP contribution in [-0.2, 0) is 5.41 Å². The number of rotatable bonds is 5. The van der Waals surface area contributed by atoms with Gasteiger partial charge in [0, 0.05) is 27.0 Å². The van der Waals surface area contributed by atoms with Gasteiger partial charge >= 0.3 is 0 Å². The van der Waals surface area contributed by atoms with Gasteiger partial charge in [0.2, 0.25) is 0 Å². The first-order valence-corrected chi connectivity index (χ1v) is 20.1. The Morgan fingerprint density at radius 1 is 0.464 bits per heavy atom. The quantitative estimate of drug-likeness (QED) is 0.161. The molecule has 0 spiro atoms. The molecule has 0 unspecified atom stereocenters. The summed E-state index contributed by atoms with van der Waals surface area (Å²) in [6, 6.07) is 66.1. The molecule has 0 bridgehead atoms. The summed E-state index contributed by atoms with van der Waals surface area (Å²) in [6.45, 7) is 6.88. The van der Waals surface area contributed by atoms with Gasteiger partial charge in [0.15, 0.2) is 0 Å². The maximum atomic E-state index is 7.00. The second-order valence-electron chi connectivity index (χ2n) is 15.9. The van der Waals surface area contributed by atoms with Gasteiger partial charge in [-0.3, -0.25) is 0 Å². The highest BCUT2D eigenvalue weighted by molar-refractivity contribution is 9.10. The van der Waals surface area contributed by atoms with Crippen LogP contribution in [0.25, 0.3) is 44.5 Å². The molecule has 268 valence electrons. The molecule has 0 aromatic heterocycles. The van der Waals surface area contributed by atoms with Crippen LogP contribution in [0.4, 0.5) is 17.1 Å². The van der Waals surface area contributed by atoms with Crippen molar-refractivity contribution in [3.63, 3.8) is 0 Å². The molecule has 2 heterocycles. The number of benzene rings is 8. The molecule has 2 aliphatic heterocycles. The summed E-state index contributed by atoms with van der Waals surface area (Å²) < 4.78 is 7.96. The van der Waals surface area contributed by atoms with Gasteiger partial charge in [0.05, 0.1) is 5.69 Å². The second-order valence-corrected chi connectivity index (χ2v) is 16.8. The van der Waals surface area contributed by atoms with Crippen LogP contribution >= 0.6 is 15.9 Å². The third kappa shape index (κ3) is 5.88. The van der Waals surface area contributed by atoms with Gasteiger partial charge in [0.25, 0.3) is 6.71 Å². The van der Waals surface area contributed by atoms with E-state index in [-0.39, 0.29) is 12.1 Å². The molecule has 0 fully saturated rings. The number of hydrogen-bond acceptors (Lipinski definition) is 2. The average molecular weight is 785 g/mol. The van der Waals surface area contributed by atoms with Gasteiger partial charge < -0.3 is 9.64 Å². The topological polar surface area (TPSA) is 12.5 Å². The van der Waals surface area contributed by atoms with Crippen LogP contribution < -0.4 is 26.0 Å². The first-order valence-electron chi connectivity index (χ1n) is 19.3. The van der Waals surface area contributed by atoms with E-state index in [1.165, 1.54) is 60.9 Å². The molecule has 10 rings (SSSR count). The highest BCUT2D eigenvalue weighted by atomic mass is 79.9. The van der Waals surface area contributed by atoms with Crippen LogP contribution in [0.1, 0.15) is 26.3 Å². The number of nitrogens with zero attached hydrogens (tertiary/aromatic N) is 1. The van der Waals surface area contributed by atoms with E-state index in [1.807, 2.05) is 0 Å². The lowest BCUT2D eigenvalue weighted by atomic mass is 9.34. The zero-order chi connectivity index (χ0) is 38.0. The van der Waals surface area contributed by atoms with E-state index in [1.54, 1.807) is 0 Å². The number of fused-ring (bicyclic) bond motifs is 4. The Morgan fingerprint density at radius 2 is 0.964 bits per heavy atom. The smallest absolute Gasteiger partial charge is 0.256 e.